The zero-order valence-electron chi connectivity index (χ0n) is 12.7. The Hall–Kier alpha value is -2.45. The molecule has 0 bridgehead atoms. The van der Waals surface area contributed by atoms with Crippen molar-refractivity contribution in [3.63, 3.8) is 0 Å². The van der Waals surface area contributed by atoms with Gasteiger partial charge in [-0.25, -0.2) is 8.42 Å². The van der Waals surface area contributed by atoms with E-state index in [1.54, 1.807) is 31.4 Å². The Morgan fingerprint density at radius 1 is 1.13 bits per heavy atom. The van der Waals surface area contributed by atoms with Crippen molar-refractivity contribution in [2.45, 2.75) is 11.5 Å². The monoisotopic (exact) mass is 336 g/mol. The highest BCUT2D eigenvalue weighted by Crippen LogP contribution is 2.28. The Bertz CT molecular complexity index is 803. The molecule has 0 radical (unpaired) electrons. The maximum absolute atomic E-state index is 12.7. The molecule has 23 heavy (non-hydrogen) atoms. The minimum absolute atomic E-state index is 0.339. The average molecular weight is 336 g/mol. The molecule has 2 aromatic carbocycles. The highest BCUT2D eigenvalue weighted by Gasteiger charge is 2.29. The largest absolute Gasteiger partial charge is 0.380 e. The summed E-state index contributed by atoms with van der Waals surface area (Å²) in [6.45, 7) is 0.418. The summed E-state index contributed by atoms with van der Waals surface area (Å²) >= 11 is 0. The number of nitro benzene ring substituents is 1. The van der Waals surface area contributed by atoms with Crippen molar-refractivity contribution in [3.05, 3.63) is 64.2 Å². The van der Waals surface area contributed by atoms with E-state index >= 15 is 0 Å². The third-order valence-electron chi connectivity index (χ3n) is 3.31. The number of anilines is 1. The highest BCUT2D eigenvalue weighted by molar-refractivity contribution is 7.93. The van der Waals surface area contributed by atoms with Gasteiger partial charge < -0.3 is 4.74 Å². The first-order valence-electron chi connectivity index (χ1n) is 6.68. The fourth-order valence-corrected chi connectivity index (χ4v) is 3.43. The van der Waals surface area contributed by atoms with Gasteiger partial charge in [0.2, 0.25) is 0 Å². The summed E-state index contributed by atoms with van der Waals surface area (Å²) in [5.41, 5.74) is 0.853. The molecule has 0 aromatic heterocycles. The smallest absolute Gasteiger partial charge is 0.289 e. The quantitative estimate of drug-likeness (QED) is 0.597. The van der Waals surface area contributed by atoms with E-state index in [-0.39, 0.29) is 4.90 Å². The Balaban J connectivity index is 2.41. The van der Waals surface area contributed by atoms with Crippen molar-refractivity contribution in [2.24, 2.45) is 0 Å². The van der Waals surface area contributed by atoms with Crippen LogP contribution in [0.1, 0.15) is 5.56 Å². The minimum atomic E-state index is -4.03. The highest BCUT2D eigenvalue weighted by atomic mass is 32.2. The number of para-hydroxylation sites is 1. The molecule has 0 fully saturated rings. The summed E-state index contributed by atoms with van der Waals surface area (Å²) in [6, 6.07) is 12.0. The van der Waals surface area contributed by atoms with Crippen molar-refractivity contribution in [2.75, 3.05) is 18.5 Å². The Morgan fingerprint density at radius 2 is 1.74 bits per heavy atom. The number of ether oxygens (including phenoxy) is 1. The number of hydrogen-bond acceptors (Lipinski definition) is 5. The van der Waals surface area contributed by atoms with Crippen LogP contribution >= 0.6 is 0 Å². The van der Waals surface area contributed by atoms with E-state index in [0.717, 1.165) is 9.87 Å². The van der Waals surface area contributed by atoms with E-state index in [1.165, 1.54) is 31.3 Å². The van der Waals surface area contributed by atoms with Crippen molar-refractivity contribution in [1.82, 2.24) is 0 Å². The van der Waals surface area contributed by atoms with Gasteiger partial charge in [0.1, 0.15) is 0 Å². The second-order valence-electron chi connectivity index (χ2n) is 4.80. The second kappa shape index (κ2) is 6.76. The first-order valence-corrected chi connectivity index (χ1v) is 8.12. The third-order valence-corrected chi connectivity index (χ3v) is 5.14. The molecule has 0 aliphatic rings. The van der Waals surface area contributed by atoms with Gasteiger partial charge in [-0.05, 0) is 23.8 Å². The molecule has 0 N–H and O–H groups in total. The number of methoxy groups -OCH3 is 1. The van der Waals surface area contributed by atoms with Crippen LogP contribution in [0.5, 0.6) is 0 Å². The molecule has 0 aliphatic heterocycles. The number of nitrogens with zero attached hydrogens (tertiary/aromatic N) is 2. The topological polar surface area (TPSA) is 89.8 Å². The number of sulfonamides is 1. The van der Waals surface area contributed by atoms with Crippen molar-refractivity contribution >= 4 is 21.4 Å². The molecule has 0 aliphatic carbocycles. The molecule has 0 unspecified atom stereocenters. The number of hydrogen-bond donors (Lipinski definition) is 0. The summed E-state index contributed by atoms with van der Waals surface area (Å²) in [6.07, 6.45) is 0. The molecular weight excluding hydrogens is 320 g/mol. The summed E-state index contributed by atoms with van der Waals surface area (Å²) in [5, 5.41) is 11.1. The predicted molar refractivity (Wildman–Crippen MR) is 85.8 cm³/mol. The molecule has 0 spiro atoms. The first kappa shape index (κ1) is 16.9. The van der Waals surface area contributed by atoms with E-state index in [1.807, 2.05) is 0 Å². The lowest BCUT2D eigenvalue weighted by atomic mass is 10.2. The third kappa shape index (κ3) is 3.49. The lowest BCUT2D eigenvalue weighted by Gasteiger charge is -2.19. The predicted octanol–water partition coefficient (Wildman–Crippen LogP) is 2.57. The van der Waals surface area contributed by atoms with Crippen LogP contribution in [0.25, 0.3) is 0 Å². The molecule has 0 saturated carbocycles. The number of benzene rings is 2. The van der Waals surface area contributed by atoms with Crippen molar-refractivity contribution in [3.8, 4) is 0 Å². The molecule has 0 atom stereocenters. The molecule has 0 amide bonds. The van der Waals surface area contributed by atoms with E-state index in [4.69, 9.17) is 4.74 Å². The SMILES string of the molecule is COCc1ccc(N(C)S(=O)(=O)c2ccccc2[N+](=O)[O-])cc1. The molecule has 8 heteroatoms. The fourth-order valence-electron chi connectivity index (χ4n) is 2.08. The Morgan fingerprint density at radius 3 is 2.30 bits per heavy atom. The van der Waals surface area contributed by atoms with Crippen molar-refractivity contribution < 1.29 is 18.1 Å². The van der Waals surface area contributed by atoms with Gasteiger partial charge in [0, 0.05) is 20.2 Å². The van der Waals surface area contributed by atoms with Crippen LogP contribution in [0.15, 0.2) is 53.4 Å². The minimum Gasteiger partial charge on any atom is -0.380 e. The Labute approximate surface area is 134 Å². The van der Waals surface area contributed by atoms with Crippen molar-refractivity contribution in [1.29, 1.82) is 0 Å². The number of rotatable bonds is 6. The van der Waals surface area contributed by atoms with Gasteiger partial charge in [0.25, 0.3) is 15.7 Å². The number of nitro groups is 1. The van der Waals surface area contributed by atoms with Crippen LogP contribution in [0.4, 0.5) is 11.4 Å². The van der Waals surface area contributed by atoms with Crippen LogP contribution in [-0.4, -0.2) is 27.5 Å². The lowest BCUT2D eigenvalue weighted by molar-refractivity contribution is -0.387. The Kier molecular flexibility index (Phi) is 4.97. The van der Waals surface area contributed by atoms with E-state index in [9.17, 15) is 18.5 Å². The molecule has 0 saturated heterocycles. The zero-order valence-corrected chi connectivity index (χ0v) is 13.5. The maximum atomic E-state index is 12.7. The van der Waals surface area contributed by atoms with Crippen LogP contribution in [0.2, 0.25) is 0 Å². The summed E-state index contributed by atoms with van der Waals surface area (Å²) in [7, 11) is -1.11. The van der Waals surface area contributed by atoms with Crippen LogP contribution in [0.3, 0.4) is 0 Å². The van der Waals surface area contributed by atoms with Crippen LogP contribution < -0.4 is 4.31 Å². The molecule has 0 heterocycles. The van der Waals surface area contributed by atoms with Crippen LogP contribution in [-0.2, 0) is 21.4 Å². The van der Waals surface area contributed by atoms with Gasteiger partial charge >= 0.3 is 0 Å². The second-order valence-corrected chi connectivity index (χ2v) is 6.73. The maximum Gasteiger partial charge on any atom is 0.289 e. The summed E-state index contributed by atoms with van der Waals surface area (Å²) in [4.78, 5) is 10.0. The van der Waals surface area contributed by atoms with E-state index in [0.29, 0.717) is 12.3 Å². The standard InChI is InChI=1S/C15H16N2O5S/c1-16(13-9-7-12(8-10-13)11-22-2)23(20,21)15-6-4-3-5-14(15)17(18)19/h3-10H,11H2,1-2H3. The van der Waals surface area contributed by atoms with E-state index < -0.39 is 20.6 Å². The molecule has 2 rings (SSSR count). The van der Waals surface area contributed by atoms with E-state index in [2.05, 4.69) is 0 Å². The molecule has 2 aromatic rings. The van der Waals surface area contributed by atoms with Gasteiger partial charge in [0.15, 0.2) is 4.90 Å². The zero-order chi connectivity index (χ0) is 17.0. The molecular formula is C15H16N2O5S. The average Bonchev–Trinajstić information content (AvgIpc) is 2.55. The van der Waals surface area contributed by atoms with Gasteiger partial charge in [-0.15, -0.1) is 0 Å². The lowest BCUT2D eigenvalue weighted by Crippen LogP contribution is -2.27. The van der Waals surface area contributed by atoms with Gasteiger partial charge in [-0.3, -0.25) is 14.4 Å². The summed E-state index contributed by atoms with van der Waals surface area (Å²) in [5.74, 6) is 0. The van der Waals surface area contributed by atoms with Gasteiger partial charge in [-0.1, -0.05) is 24.3 Å². The fraction of sp³-hybridized carbons (Fsp3) is 0.200. The first-order chi connectivity index (χ1) is 10.9. The van der Waals surface area contributed by atoms with Gasteiger partial charge in [-0.2, -0.15) is 0 Å². The van der Waals surface area contributed by atoms with Gasteiger partial charge in [0.05, 0.1) is 17.2 Å². The molecule has 122 valence electrons. The molecule has 7 nitrogen and oxygen atoms in total. The van der Waals surface area contributed by atoms with Crippen LogP contribution in [0, 0.1) is 10.1 Å². The normalized spacial score (nSPS) is 11.2. The summed E-state index contributed by atoms with van der Waals surface area (Å²) < 4.78 is 31.4.